The molecule has 21 heavy (non-hydrogen) atoms. The summed E-state index contributed by atoms with van der Waals surface area (Å²) in [6.45, 7) is 6.45. The van der Waals surface area contributed by atoms with Gasteiger partial charge >= 0.3 is 0 Å². The minimum absolute atomic E-state index is 0.216. The van der Waals surface area contributed by atoms with Gasteiger partial charge in [0.15, 0.2) is 0 Å². The molecule has 1 aromatic carbocycles. The van der Waals surface area contributed by atoms with E-state index < -0.39 is 5.67 Å². The van der Waals surface area contributed by atoms with Crippen molar-refractivity contribution >= 4 is 12.0 Å². The summed E-state index contributed by atoms with van der Waals surface area (Å²) in [6, 6.07) is 5.97. The van der Waals surface area contributed by atoms with E-state index in [2.05, 4.69) is 17.2 Å². The quantitative estimate of drug-likeness (QED) is 0.561. The van der Waals surface area contributed by atoms with Crippen molar-refractivity contribution in [2.24, 2.45) is 10.7 Å². The van der Waals surface area contributed by atoms with Gasteiger partial charge in [-0.05, 0) is 37.6 Å². The molecule has 0 saturated carbocycles. The maximum atomic E-state index is 14.9. The van der Waals surface area contributed by atoms with Gasteiger partial charge in [-0.25, -0.2) is 9.38 Å². The molecule has 0 saturated heterocycles. The molecule has 4 heteroatoms. The number of nitrogens with two attached hydrogens (primary N) is 1. The number of benzene rings is 1. The van der Waals surface area contributed by atoms with Crippen molar-refractivity contribution in [3.05, 3.63) is 29.3 Å². The van der Waals surface area contributed by atoms with Gasteiger partial charge in [0.05, 0.1) is 12.0 Å². The van der Waals surface area contributed by atoms with Gasteiger partial charge in [0.2, 0.25) is 0 Å². The minimum atomic E-state index is -1.24. The monoisotopic (exact) mass is 293 g/mol. The van der Waals surface area contributed by atoms with Crippen molar-refractivity contribution in [3.8, 4) is 0 Å². The molecule has 0 bridgehead atoms. The van der Waals surface area contributed by atoms with E-state index in [0.29, 0.717) is 6.42 Å². The van der Waals surface area contributed by atoms with Gasteiger partial charge in [0.25, 0.3) is 0 Å². The highest BCUT2D eigenvalue weighted by Gasteiger charge is 2.32. The third-order valence-electron chi connectivity index (χ3n) is 4.08. The van der Waals surface area contributed by atoms with E-state index in [4.69, 9.17) is 5.73 Å². The summed E-state index contributed by atoms with van der Waals surface area (Å²) in [5.74, 6) is -0.216. The molecule has 0 spiro atoms. The molecule has 0 heterocycles. The highest BCUT2D eigenvalue weighted by Crippen LogP contribution is 2.39. The van der Waals surface area contributed by atoms with Crippen LogP contribution in [-0.4, -0.2) is 19.1 Å². The third kappa shape index (κ3) is 4.81. The van der Waals surface area contributed by atoms with E-state index in [-0.39, 0.29) is 5.92 Å². The van der Waals surface area contributed by atoms with Crippen LogP contribution in [0.25, 0.3) is 0 Å². The minimum Gasteiger partial charge on any atom is -0.390 e. The van der Waals surface area contributed by atoms with Crippen molar-refractivity contribution in [3.63, 3.8) is 0 Å². The topological polar surface area (TPSA) is 50.4 Å². The van der Waals surface area contributed by atoms with Crippen LogP contribution in [0.4, 0.5) is 10.1 Å². The number of nitrogens with one attached hydrogen (secondary N) is 1. The fourth-order valence-electron chi connectivity index (χ4n) is 2.52. The Morgan fingerprint density at radius 3 is 2.76 bits per heavy atom. The maximum absolute atomic E-state index is 14.9. The molecule has 3 nitrogen and oxygen atoms in total. The summed E-state index contributed by atoms with van der Waals surface area (Å²) in [7, 11) is 1.89. The first-order valence-electron chi connectivity index (χ1n) is 7.66. The van der Waals surface area contributed by atoms with E-state index in [1.54, 1.807) is 6.92 Å². The number of hydrogen-bond acceptors (Lipinski definition) is 2. The van der Waals surface area contributed by atoms with Crippen molar-refractivity contribution in [1.29, 1.82) is 0 Å². The lowest BCUT2D eigenvalue weighted by molar-refractivity contribution is 0.138. The van der Waals surface area contributed by atoms with Gasteiger partial charge in [-0.15, -0.1) is 0 Å². The second-order valence-corrected chi connectivity index (χ2v) is 5.80. The number of unbranched alkanes of at least 4 members (excludes halogenated alkanes) is 1. The first kappa shape index (κ1) is 17.6. The van der Waals surface area contributed by atoms with Crippen molar-refractivity contribution in [2.45, 2.75) is 58.2 Å². The smallest absolute Gasteiger partial charge is 0.114 e. The summed E-state index contributed by atoms with van der Waals surface area (Å²) in [6.07, 6.45) is 3.73. The van der Waals surface area contributed by atoms with Crippen LogP contribution < -0.4 is 11.1 Å². The zero-order valence-electron chi connectivity index (χ0n) is 13.6. The highest BCUT2D eigenvalue weighted by atomic mass is 19.1. The molecule has 0 amide bonds. The molecule has 0 radical (unpaired) electrons. The fourth-order valence-corrected chi connectivity index (χ4v) is 2.52. The van der Waals surface area contributed by atoms with Crippen LogP contribution in [0.3, 0.4) is 0 Å². The summed E-state index contributed by atoms with van der Waals surface area (Å²) in [5, 5.41) is 3.10. The summed E-state index contributed by atoms with van der Waals surface area (Å²) in [5.41, 5.74) is 7.00. The number of nitrogens with zero attached hydrogens (tertiary/aromatic N) is 1. The maximum Gasteiger partial charge on any atom is 0.114 e. The van der Waals surface area contributed by atoms with Crippen LogP contribution in [0.2, 0.25) is 0 Å². The van der Waals surface area contributed by atoms with E-state index in [0.717, 1.165) is 36.2 Å². The number of hydrogen-bond donors (Lipinski definition) is 2. The Hall–Kier alpha value is -1.42. The van der Waals surface area contributed by atoms with Crippen molar-refractivity contribution in [2.75, 3.05) is 7.05 Å². The third-order valence-corrected chi connectivity index (χ3v) is 4.08. The number of halogens is 1. The van der Waals surface area contributed by atoms with Gasteiger partial charge in [-0.1, -0.05) is 38.8 Å². The molecule has 3 N–H and O–H groups in total. The van der Waals surface area contributed by atoms with Crippen LogP contribution >= 0.6 is 0 Å². The lowest BCUT2D eigenvalue weighted by Crippen LogP contribution is -2.26. The first-order chi connectivity index (χ1) is 9.96. The van der Waals surface area contributed by atoms with Gasteiger partial charge < -0.3 is 11.1 Å². The molecular formula is C17H28FN3. The lowest BCUT2D eigenvalue weighted by atomic mass is 9.82. The summed E-state index contributed by atoms with van der Waals surface area (Å²) < 4.78 is 14.9. The van der Waals surface area contributed by atoms with Gasteiger partial charge in [0, 0.05) is 12.5 Å². The van der Waals surface area contributed by atoms with E-state index in [1.807, 2.05) is 32.2 Å². The molecule has 0 aliphatic rings. The van der Waals surface area contributed by atoms with Crippen LogP contribution in [0.1, 0.15) is 57.1 Å². The van der Waals surface area contributed by atoms with Crippen LogP contribution in [-0.2, 0) is 6.54 Å². The molecule has 0 aliphatic carbocycles. The van der Waals surface area contributed by atoms with Crippen molar-refractivity contribution in [1.82, 2.24) is 5.32 Å². The normalized spacial score (nSPS) is 16.0. The van der Waals surface area contributed by atoms with Gasteiger partial charge in [-0.3, -0.25) is 0 Å². The molecule has 0 aromatic heterocycles. The SMILES string of the molecule is CCCCC(C)(F)C(C)c1ccc(CNC)cc1N=CN. The molecule has 2 atom stereocenters. The molecule has 1 aromatic rings. The van der Waals surface area contributed by atoms with Crippen LogP contribution in [0.5, 0.6) is 0 Å². The number of aliphatic imine (C=N–C) groups is 1. The largest absolute Gasteiger partial charge is 0.390 e. The lowest BCUT2D eigenvalue weighted by Gasteiger charge is -2.29. The first-order valence-corrected chi connectivity index (χ1v) is 7.66. The molecule has 0 aliphatic heterocycles. The zero-order valence-corrected chi connectivity index (χ0v) is 13.6. The average Bonchev–Trinajstić information content (AvgIpc) is 2.45. The Kier molecular flexibility index (Phi) is 6.82. The molecule has 118 valence electrons. The Morgan fingerprint density at radius 1 is 1.48 bits per heavy atom. The second-order valence-electron chi connectivity index (χ2n) is 5.80. The number of rotatable bonds is 8. The Balaban J connectivity index is 3.09. The predicted molar refractivity (Wildman–Crippen MR) is 89.0 cm³/mol. The molecule has 1 rings (SSSR count). The second kappa shape index (κ2) is 8.13. The summed E-state index contributed by atoms with van der Waals surface area (Å²) >= 11 is 0. The number of alkyl halides is 1. The molecule has 0 fully saturated rings. The van der Waals surface area contributed by atoms with Crippen molar-refractivity contribution < 1.29 is 4.39 Å². The van der Waals surface area contributed by atoms with Crippen LogP contribution in [0, 0.1) is 0 Å². The predicted octanol–water partition coefficient (Wildman–Crippen LogP) is 4.05. The highest BCUT2D eigenvalue weighted by molar-refractivity contribution is 5.62. The molecular weight excluding hydrogens is 265 g/mol. The molecule has 2 unspecified atom stereocenters. The van der Waals surface area contributed by atoms with E-state index in [1.165, 1.54) is 6.34 Å². The Bertz CT molecular complexity index is 469. The van der Waals surface area contributed by atoms with Crippen LogP contribution in [0.15, 0.2) is 23.2 Å². The summed E-state index contributed by atoms with van der Waals surface area (Å²) in [4.78, 5) is 4.22. The van der Waals surface area contributed by atoms with Gasteiger partial charge in [-0.2, -0.15) is 0 Å². The fraction of sp³-hybridized carbons (Fsp3) is 0.588. The van der Waals surface area contributed by atoms with E-state index >= 15 is 0 Å². The van der Waals surface area contributed by atoms with Gasteiger partial charge in [0.1, 0.15) is 5.67 Å². The Labute approximate surface area is 127 Å². The average molecular weight is 293 g/mol. The zero-order chi connectivity index (χ0) is 15.9. The Morgan fingerprint density at radius 2 is 2.19 bits per heavy atom. The standard InChI is InChI=1S/C17H28FN3/c1-5-6-9-17(3,18)13(2)15-8-7-14(11-20-4)10-16(15)21-12-19/h7-8,10,12-13,20H,5-6,9,11H2,1-4H3,(H2,19,21). The van der Waals surface area contributed by atoms with E-state index in [9.17, 15) is 4.39 Å².